The number of hydrogen-bond donors (Lipinski definition) is 1. The number of hydrogen-bond acceptors (Lipinski definition) is 3. The smallest absolute Gasteiger partial charge is 0.150 e. The van der Waals surface area contributed by atoms with Crippen LogP contribution in [0.25, 0.3) is 0 Å². The lowest BCUT2D eigenvalue weighted by atomic mass is 10.1. The summed E-state index contributed by atoms with van der Waals surface area (Å²) >= 11 is 0. The fraction of sp³-hybridized carbons (Fsp3) is 1.00. The van der Waals surface area contributed by atoms with Crippen molar-refractivity contribution in [3.05, 3.63) is 0 Å². The topological polar surface area (TPSA) is 60.2 Å². The van der Waals surface area contributed by atoms with E-state index in [-0.39, 0.29) is 11.2 Å². The van der Waals surface area contributed by atoms with Gasteiger partial charge < -0.3 is 5.73 Å². The van der Waals surface area contributed by atoms with Crippen LogP contribution in [-0.4, -0.2) is 26.5 Å². The van der Waals surface area contributed by atoms with Gasteiger partial charge in [-0.1, -0.05) is 6.42 Å². The van der Waals surface area contributed by atoms with Crippen molar-refractivity contribution in [3.8, 4) is 0 Å². The van der Waals surface area contributed by atoms with E-state index in [1.165, 1.54) is 6.26 Å². The van der Waals surface area contributed by atoms with E-state index in [4.69, 9.17) is 5.73 Å². The van der Waals surface area contributed by atoms with Crippen molar-refractivity contribution in [3.63, 3.8) is 0 Å². The van der Waals surface area contributed by atoms with Crippen LogP contribution in [-0.2, 0) is 9.84 Å². The summed E-state index contributed by atoms with van der Waals surface area (Å²) in [7, 11) is -2.84. The van der Waals surface area contributed by atoms with Crippen LogP contribution >= 0.6 is 0 Å². The largest absolute Gasteiger partial charge is 0.330 e. The molecular weight excluding hydrogens is 162 g/mol. The molecule has 2 unspecified atom stereocenters. The van der Waals surface area contributed by atoms with Gasteiger partial charge in [0.2, 0.25) is 0 Å². The van der Waals surface area contributed by atoms with Gasteiger partial charge in [0.25, 0.3) is 0 Å². The minimum Gasteiger partial charge on any atom is -0.330 e. The third-order valence-corrected chi connectivity index (χ3v) is 4.16. The van der Waals surface area contributed by atoms with Gasteiger partial charge in [-0.05, 0) is 25.3 Å². The van der Waals surface area contributed by atoms with Gasteiger partial charge in [-0.2, -0.15) is 0 Å². The zero-order valence-corrected chi connectivity index (χ0v) is 7.60. The first-order chi connectivity index (χ1) is 5.05. The number of rotatable bonds is 2. The van der Waals surface area contributed by atoms with Crippen LogP contribution in [0.3, 0.4) is 0 Å². The first kappa shape index (κ1) is 9.00. The molecule has 0 heterocycles. The van der Waals surface area contributed by atoms with Crippen molar-refractivity contribution >= 4 is 9.84 Å². The predicted molar refractivity (Wildman–Crippen MR) is 45.0 cm³/mol. The van der Waals surface area contributed by atoms with Crippen molar-refractivity contribution < 1.29 is 8.42 Å². The molecule has 0 amide bonds. The zero-order chi connectivity index (χ0) is 8.48. The van der Waals surface area contributed by atoms with Crippen molar-refractivity contribution in [1.29, 1.82) is 0 Å². The van der Waals surface area contributed by atoms with Gasteiger partial charge in [0.1, 0.15) is 0 Å². The molecule has 1 fully saturated rings. The standard InChI is InChI=1S/C7H15NO2S/c1-11(9,10)7-4-2-3-6(7)5-8/h6-7H,2-5,8H2,1H3. The Morgan fingerprint density at radius 3 is 2.45 bits per heavy atom. The molecule has 66 valence electrons. The van der Waals surface area contributed by atoms with E-state index in [2.05, 4.69) is 0 Å². The second-order valence-electron chi connectivity index (χ2n) is 3.29. The van der Waals surface area contributed by atoms with Crippen LogP contribution in [0.15, 0.2) is 0 Å². The quantitative estimate of drug-likeness (QED) is 0.653. The Morgan fingerprint density at radius 2 is 2.09 bits per heavy atom. The van der Waals surface area contributed by atoms with Gasteiger partial charge in [-0.15, -0.1) is 0 Å². The predicted octanol–water partition coefficient (Wildman–Crippen LogP) is 0.158. The molecule has 1 rings (SSSR count). The van der Waals surface area contributed by atoms with E-state index < -0.39 is 9.84 Å². The van der Waals surface area contributed by atoms with Gasteiger partial charge in [0, 0.05) is 6.26 Å². The summed E-state index contributed by atoms with van der Waals surface area (Å²) in [5, 5.41) is -0.160. The Labute approximate surface area is 67.9 Å². The minimum atomic E-state index is -2.84. The zero-order valence-electron chi connectivity index (χ0n) is 6.79. The molecule has 0 bridgehead atoms. The van der Waals surface area contributed by atoms with Crippen molar-refractivity contribution in [2.45, 2.75) is 24.5 Å². The first-order valence-corrected chi connectivity index (χ1v) is 5.90. The van der Waals surface area contributed by atoms with Gasteiger partial charge in [0.05, 0.1) is 5.25 Å². The maximum atomic E-state index is 11.1. The van der Waals surface area contributed by atoms with Crippen LogP contribution in [0, 0.1) is 5.92 Å². The number of sulfone groups is 1. The lowest BCUT2D eigenvalue weighted by Crippen LogP contribution is -2.29. The molecule has 2 atom stereocenters. The fourth-order valence-corrected chi connectivity index (χ4v) is 3.38. The summed E-state index contributed by atoms with van der Waals surface area (Å²) in [5.74, 6) is 0.213. The van der Waals surface area contributed by atoms with Gasteiger partial charge >= 0.3 is 0 Å². The fourth-order valence-electron chi connectivity index (χ4n) is 1.84. The highest BCUT2D eigenvalue weighted by atomic mass is 32.2. The Hall–Kier alpha value is -0.0900. The summed E-state index contributed by atoms with van der Waals surface area (Å²) in [5.41, 5.74) is 5.46. The average molecular weight is 177 g/mol. The molecule has 11 heavy (non-hydrogen) atoms. The molecule has 0 radical (unpaired) electrons. The first-order valence-electron chi connectivity index (χ1n) is 3.94. The van der Waals surface area contributed by atoms with Crippen LogP contribution in [0.4, 0.5) is 0 Å². The molecule has 0 aromatic rings. The molecule has 3 nitrogen and oxygen atoms in total. The molecule has 4 heteroatoms. The van der Waals surface area contributed by atoms with Crippen LogP contribution in [0.2, 0.25) is 0 Å². The lowest BCUT2D eigenvalue weighted by molar-refractivity contribution is 0.527. The van der Waals surface area contributed by atoms with Crippen molar-refractivity contribution in [1.82, 2.24) is 0 Å². The Bertz CT molecular complexity index is 223. The lowest BCUT2D eigenvalue weighted by Gasteiger charge is -2.14. The Morgan fingerprint density at radius 1 is 1.45 bits per heavy atom. The SMILES string of the molecule is CS(=O)(=O)C1CCCC1CN. The molecule has 1 saturated carbocycles. The van der Waals surface area contributed by atoms with E-state index in [0.29, 0.717) is 6.54 Å². The molecule has 0 aromatic heterocycles. The molecule has 0 saturated heterocycles. The molecule has 1 aliphatic carbocycles. The maximum absolute atomic E-state index is 11.1. The van der Waals surface area contributed by atoms with Gasteiger partial charge in [-0.3, -0.25) is 0 Å². The minimum absolute atomic E-state index is 0.160. The molecule has 1 aliphatic rings. The molecular formula is C7H15NO2S. The third-order valence-electron chi connectivity index (χ3n) is 2.44. The van der Waals surface area contributed by atoms with Crippen LogP contribution < -0.4 is 5.73 Å². The van der Waals surface area contributed by atoms with Gasteiger partial charge in [0.15, 0.2) is 9.84 Å². The van der Waals surface area contributed by atoms with E-state index in [0.717, 1.165) is 19.3 Å². The van der Waals surface area contributed by atoms with E-state index in [1.807, 2.05) is 0 Å². The second-order valence-corrected chi connectivity index (χ2v) is 5.56. The molecule has 0 spiro atoms. The average Bonchev–Trinajstić information content (AvgIpc) is 2.31. The highest BCUT2D eigenvalue weighted by Crippen LogP contribution is 2.29. The second kappa shape index (κ2) is 3.11. The highest BCUT2D eigenvalue weighted by Gasteiger charge is 2.33. The van der Waals surface area contributed by atoms with E-state index >= 15 is 0 Å². The Balaban J connectivity index is 2.72. The number of nitrogens with two attached hydrogens (primary N) is 1. The van der Waals surface area contributed by atoms with E-state index in [1.54, 1.807) is 0 Å². The third kappa shape index (κ3) is 1.93. The monoisotopic (exact) mass is 177 g/mol. The summed E-state index contributed by atoms with van der Waals surface area (Å²) in [6.07, 6.45) is 4.11. The summed E-state index contributed by atoms with van der Waals surface area (Å²) in [6, 6.07) is 0. The molecule has 0 aromatic carbocycles. The van der Waals surface area contributed by atoms with Crippen LogP contribution in [0.1, 0.15) is 19.3 Å². The summed E-state index contributed by atoms with van der Waals surface area (Å²) < 4.78 is 22.3. The van der Waals surface area contributed by atoms with Crippen molar-refractivity contribution in [2.24, 2.45) is 11.7 Å². The highest BCUT2D eigenvalue weighted by molar-refractivity contribution is 7.91. The van der Waals surface area contributed by atoms with Crippen molar-refractivity contribution in [2.75, 3.05) is 12.8 Å². The maximum Gasteiger partial charge on any atom is 0.150 e. The van der Waals surface area contributed by atoms with Crippen LogP contribution in [0.5, 0.6) is 0 Å². The summed E-state index contributed by atoms with van der Waals surface area (Å²) in [4.78, 5) is 0. The summed E-state index contributed by atoms with van der Waals surface area (Å²) in [6.45, 7) is 0.512. The van der Waals surface area contributed by atoms with Gasteiger partial charge in [-0.25, -0.2) is 8.42 Å². The van der Waals surface area contributed by atoms with E-state index in [9.17, 15) is 8.42 Å². The normalized spacial score (nSPS) is 32.5. The Kier molecular flexibility index (Phi) is 2.54. The molecule has 0 aliphatic heterocycles. The molecule has 2 N–H and O–H groups in total.